The van der Waals surface area contributed by atoms with E-state index >= 15 is 0 Å². The molecule has 1 atom stereocenters. The van der Waals surface area contributed by atoms with Crippen LogP contribution in [-0.4, -0.2) is 38.2 Å². The number of aliphatic carboxylic acids is 1. The number of hydrogen-bond donors (Lipinski definition) is 1. The van der Waals surface area contributed by atoms with E-state index in [9.17, 15) is 14.7 Å². The monoisotopic (exact) mass is 327 g/mol. The third-order valence-electron chi connectivity index (χ3n) is 4.41. The number of carboxylic acid groups (broad SMARTS) is 1. The highest BCUT2D eigenvalue weighted by atomic mass is 16.4. The molecule has 0 aliphatic carbocycles. The van der Waals surface area contributed by atoms with Gasteiger partial charge < -0.3 is 10.0 Å². The largest absolute Gasteiger partial charge is 0.481 e. The predicted octanol–water partition coefficient (Wildman–Crippen LogP) is 2.37. The molecule has 1 unspecified atom stereocenters. The zero-order chi connectivity index (χ0) is 17.4. The van der Waals surface area contributed by atoms with Gasteiger partial charge in [0.2, 0.25) is 0 Å². The smallest absolute Gasteiger partial charge is 0.312 e. The van der Waals surface area contributed by atoms with Crippen molar-refractivity contribution in [3.63, 3.8) is 0 Å². The first-order chi connectivity index (χ1) is 11.4. The molecule has 0 saturated heterocycles. The van der Waals surface area contributed by atoms with Crippen LogP contribution in [-0.2, 0) is 18.4 Å². The normalized spacial score (nSPS) is 17.0. The lowest BCUT2D eigenvalue weighted by Gasteiger charge is -2.32. The lowest BCUT2D eigenvalue weighted by molar-refractivity contribution is -0.139. The van der Waals surface area contributed by atoms with Crippen molar-refractivity contribution in [1.82, 2.24) is 14.7 Å². The van der Waals surface area contributed by atoms with E-state index in [1.807, 2.05) is 38.1 Å². The van der Waals surface area contributed by atoms with Crippen LogP contribution in [0.4, 0.5) is 0 Å². The van der Waals surface area contributed by atoms with Crippen molar-refractivity contribution in [3.8, 4) is 0 Å². The minimum Gasteiger partial charge on any atom is -0.481 e. The number of benzene rings is 1. The zero-order valence-corrected chi connectivity index (χ0v) is 14.1. The molecule has 24 heavy (non-hydrogen) atoms. The number of rotatable bonds is 3. The van der Waals surface area contributed by atoms with Crippen LogP contribution in [0.15, 0.2) is 30.5 Å². The van der Waals surface area contributed by atoms with Gasteiger partial charge in [-0.15, -0.1) is 0 Å². The highest BCUT2D eigenvalue weighted by Crippen LogP contribution is 2.30. The summed E-state index contributed by atoms with van der Waals surface area (Å²) in [5.74, 6) is -1.64. The predicted molar refractivity (Wildman–Crippen MR) is 88.9 cm³/mol. The number of carboxylic acids is 1. The molecule has 0 radical (unpaired) electrons. The summed E-state index contributed by atoms with van der Waals surface area (Å²) in [6, 6.07) is 7.43. The van der Waals surface area contributed by atoms with Gasteiger partial charge in [-0.2, -0.15) is 5.10 Å². The topological polar surface area (TPSA) is 75.4 Å². The molecule has 1 amide bonds. The highest BCUT2D eigenvalue weighted by molar-refractivity contribution is 5.96. The second kappa shape index (κ2) is 6.11. The van der Waals surface area contributed by atoms with Crippen LogP contribution >= 0.6 is 0 Å². The van der Waals surface area contributed by atoms with Gasteiger partial charge >= 0.3 is 5.97 Å². The Morgan fingerprint density at radius 1 is 1.29 bits per heavy atom. The molecule has 6 nitrogen and oxygen atoms in total. The van der Waals surface area contributed by atoms with Crippen LogP contribution in [0, 0.1) is 0 Å². The number of carbonyl (C=O) groups excluding carboxylic acids is 1. The Bertz CT molecular complexity index is 795. The summed E-state index contributed by atoms with van der Waals surface area (Å²) in [5.41, 5.74) is 2.98. The van der Waals surface area contributed by atoms with Crippen molar-refractivity contribution in [2.24, 2.45) is 7.05 Å². The molecule has 0 bridgehead atoms. The van der Waals surface area contributed by atoms with Gasteiger partial charge in [-0.3, -0.25) is 14.3 Å². The van der Waals surface area contributed by atoms with Gasteiger partial charge in [-0.1, -0.05) is 38.1 Å². The molecule has 2 heterocycles. The lowest BCUT2D eigenvalue weighted by Crippen LogP contribution is -2.40. The van der Waals surface area contributed by atoms with Gasteiger partial charge in [-0.05, 0) is 17.0 Å². The van der Waals surface area contributed by atoms with Gasteiger partial charge in [0, 0.05) is 26.3 Å². The van der Waals surface area contributed by atoms with Gasteiger partial charge in [0.1, 0.15) is 0 Å². The van der Waals surface area contributed by atoms with Crippen molar-refractivity contribution in [3.05, 3.63) is 52.8 Å². The maximum atomic E-state index is 13.0. The SMILES string of the molecule is CC(C)c1nn(C)cc1C(=O)N1Cc2ccccc2C(C(=O)O)C1. The summed E-state index contributed by atoms with van der Waals surface area (Å²) in [6.07, 6.45) is 1.72. The first-order valence-corrected chi connectivity index (χ1v) is 8.02. The average molecular weight is 327 g/mol. The summed E-state index contributed by atoms with van der Waals surface area (Å²) in [7, 11) is 1.79. The highest BCUT2D eigenvalue weighted by Gasteiger charge is 2.34. The molecule has 6 heteroatoms. The van der Waals surface area contributed by atoms with Crippen LogP contribution in [0.5, 0.6) is 0 Å². The molecule has 1 aliphatic heterocycles. The number of amides is 1. The van der Waals surface area contributed by atoms with Crippen LogP contribution in [0.1, 0.15) is 52.9 Å². The Morgan fingerprint density at radius 2 is 2.00 bits per heavy atom. The van der Waals surface area contributed by atoms with E-state index in [1.54, 1.807) is 22.8 Å². The molecule has 1 aromatic heterocycles. The number of fused-ring (bicyclic) bond motifs is 1. The molecule has 126 valence electrons. The summed E-state index contributed by atoms with van der Waals surface area (Å²) in [5, 5.41) is 13.9. The van der Waals surface area contributed by atoms with E-state index < -0.39 is 11.9 Å². The Balaban J connectivity index is 1.96. The molecular weight excluding hydrogens is 306 g/mol. The number of hydrogen-bond acceptors (Lipinski definition) is 3. The third-order valence-corrected chi connectivity index (χ3v) is 4.41. The molecule has 0 spiro atoms. The van der Waals surface area contributed by atoms with Gasteiger partial charge in [0.05, 0.1) is 17.2 Å². The van der Waals surface area contributed by atoms with E-state index in [0.717, 1.165) is 16.8 Å². The van der Waals surface area contributed by atoms with E-state index in [1.165, 1.54) is 0 Å². The molecule has 2 aromatic rings. The van der Waals surface area contributed by atoms with Crippen molar-refractivity contribution >= 4 is 11.9 Å². The fourth-order valence-corrected chi connectivity index (χ4v) is 3.24. The standard InChI is InChI=1S/C18H21N3O3/c1-11(2)16-15(9-20(3)19-16)17(22)21-8-12-6-4-5-7-13(12)14(10-21)18(23)24/h4-7,9,11,14H,8,10H2,1-3H3,(H,23,24). The second-order valence-corrected chi connectivity index (χ2v) is 6.53. The Labute approximate surface area is 140 Å². The summed E-state index contributed by atoms with van der Waals surface area (Å²) >= 11 is 0. The quantitative estimate of drug-likeness (QED) is 0.939. The molecule has 1 aliphatic rings. The summed E-state index contributed by atoms with van der Waals surface area (Å²) < 4.78 is 1.63. The van der Waals surface area contributed by atoms with Gasteiger partial charge in [-0.25, -0.2) is 0 Å². The molecule has 3 rings (SSSR count). The minimum atomic E-state index is -0.907. The number of aromatic nitrogens is 2. The fraction of sp³-hybridized carbons (Fsp3) is 0.389. The molecule has 0 fully saturated rings. The first-order valence-electron chi connectivity index (χ1n) is 8.02. The van der Waals surface area contributed by atoms with Crippen LogP contribution < -0.4 is 0 Å². The molecule has 1 N–H and O–H groups in total. The van der Waals surface area contributed by atoms with Crippen molar-refractivity contribution in [1.29, 1.82) is 0 Å². The summed E-state index contributed by atoms with van der Waals surface area (Å²) in [4.78, 5) is 26.3. The number of carbonyl (C=O) groups is 2. The van der Waals surface area contributed by atoms with E-state index in [4.69, 9.17) is 0 Å². The van der Waals surface area contributed by atoms with Crippen LogP contribution in [0.2, 0.25) is 0 Å². The Morgan fingerprint density at radius 3 is 2.67 bits per heavy atom. The van der Waals surface area contributed by atoms with E-state index in [2.05, 4.69) is 5.10 Å². The van der Waals surface area contributed by atoms with E-state index in [-0.39, 0.29) is 18.4 Å². The van der Waals surface area contributed by atoms with Crippen molar-refractivity contribution in [2.75, 3.05) is 6.54 Å². The summed E-state index contributed by atoms with van der Waals surface area (Å²) in [6.45, 7) is 4.58. The maximum Gasteiger partial charge on any atom is 0.312 e. The maximum absolute atomic E-state index is 13.0. The van der Waals surface area contributed by atoms with Crippen LogP contribution in [0.3, 0.4) is 0 Å². The van der Waals surface area contributed by atoms with Crippen LogP contribution in [0.25, 0.3) is 0 Å². The minimum absolute atomic E-state index is 0.123. The van der Waals surface area contributed by atoms with Gasteiger partial charge in [0.25, 0.3) is 5.91 Å². The van der Waals surface area contributed by atoms with Gasteiger partial charge in [0.15, 0.2) is 0 Å². The van der Waals surface area contributed by atoms with E-state index in [0.29, 0.717) is 12.1 Å². The van der Waals surface area contributed by atoms with Crippen molar-refractivity contribution in [2.45, 2.75) is 32.2 Å². The number of nitrogens with zero attached hydrogens (tertiary/aromatic N) is 3. The molecule has 0 saturated carbocycles. The second-order valence-electron chi connectivity index (χ2n) is 6.53. The third kappa shape index (κ3) is 2.79. The zero-order valence-electron chi connectivity index (χ0n) is 14.1. The first kappa shape index (κ1) is 16.2. The Kier molecular flexibility index (Phi) is 4.13. The Hall–Kier alpha value is -2.63. The molecule has 1 aromatic carbocycles. The van der Waals surface area contributed by atoms with Crippen molar-refractivity contribution < 1.29 is 14.7 Å². The number of aryl methyl sites for hydroxylation is 1. The molecular formula is C18H21N3O3. The average Bonchev–Trinajstić information content (AvgIpc) is 2.95. The fourth-order valence-electron chi connectivity index (χ4n) is 3.24. The lowest BCUT2D eigenvalue weighted by atomic mass is 9.89.